The fourth-order valence-corrected chi connectivity index (χ4v) is 4.53. The van der Waals surface area contributed by atoms with Crippen LogP contribution in [0.1, 0.15) is 4.88 Å². The molecule has 1 aliphatic rings. The number of thioether (sulfide) groups is 1. The minimum atomic E-state index is -0.0521. The summed E-state index contributed by atoms with van der Waals surface area (Å²) >= 11 is 8.39. The second-order valence-corrected chi connectivity index (χ2v) is 7.72. The smallest absolute Gasteiger partial charge is 0.268 e. The van der Waals surface area contributed by atoms with E-state index >= 15 is 0 Å². The molecule has 0 N–H and O–H groups in total. The molecule has 112 valence electrons. The molecule has 0 spiro atoms. The first kappa shape index (κ1) is 14.6. The van der Waals surface area contributed by atoms with Gasteiger partial charge in [0.15, 0.2) is 4.32 Å². The van der Waals surface area contributed by atoms with Crippen LogP contribution in [0.2, 0.25) is 0 Å². The zero-order valence-electron chi connectivity index (χ0n) is 11.9. The van der Waals surface area contributed by atoms with Gasteiger partial charge in [0.2, 0.25) is 0 Å². The highest BCUT2D eigenvalue weighted by atomic mass is 32.2. The normalized spacial score (nSPS) is 16.7. The van der Waals surface area contributed by atoms with Gasteiger partial charge in [-0.05, 0) is 40.4 Å². The van der Waals surface area contributed by atoms with Crippen molar-refractivity contribution in [3.8, 4) is 0 Å². The van der Waals surface area contributed by atoms with Crippen molar-refractivity contribution >= 4 is 68.1 Å². The lowest BCUT2D eigenvalue weighted by atomic mass is 10.1. The van der Waals surface area contributed by atoms with Crippen molar-refractivity contribution < 1.29 is 4.79 Å². The minimum absolute atomic E-state index is 0.0521. The van der Waals surface area contributed by atoms with E-state index in [1.165, 1.54) is 11.8 Å². The first-order valence-corrected chi connectivity index (χ1v) is 9.13. The Morgan fingerprint density at radius 2 is 1.83 bits per heavy atom. The van der Waals surface area contributed by atoms with Gasteiger partial charge in [0.05, 0.1) is 10.6 Å². The van der Waals surface area contributed by atoms with Crippen LogP contribution in [0.5, 0.6) is 0 Å². The first-order chi connectivity index (χ1) is 11.2. The molecule has 3 aromatic rings. The number of carbonyl (C=O) groups excluding carboxylic acids is 1. The highest BCUT2D eigenvalue weighted by molar-refractivity contribution is 8.27. The van der Waals surface area contributed by atoms with E-state index in [9.17, 15) is 4.79 Å². The number of nitrogens with zero attached hydrogens (tertiary/aromatic N) is 1. The van der Waals surface area contributed by atoms with Crippen LogP contribution in [0.4, 0.5) is 5.69 Å². The Kier molecular flexibility index (Phi) is 3.77. The fourth-order valence-electron chi connectivity index (χ4n) is 2.51. The van der Waals surface area contributed by atoms with Crippen molar-refractivity contribution in [2.24, 2.45) is 0 Å². The Labute approximate surface area is 147 Å². The van der Waals surface area contributed by atoms with Gasteiger partial charge in [0, 0.05) is 4.88 Å². The van der Waals surface area contributed by atoms with Crippen LogP contribution in [0.25, 0.3) is 16.8 Å². The molecule has 4 rings (SSSR count). The summed E-state index contributed by atoms with van der Waals surface area (Å²) in [5.74, 6) is -0.0521. The van der Waals surface area contributed by atoms with E-state index in [1.54, 1.807) is 16.2 Å². The number of rotatable bonds is 2. The highest BCUT2D eigenvalue weighted by Crippen LogP contribution is 2.37. The Hall–Kier alpha value is -1.95. The SMILES string of the molecule is O=C1/C(=C\c2cccs2)SC(=S)N1c1ccc2ccccc2c1. The van der Waals surface area contributed by atoms with Gasteiger partial charge in [-0.1, -0.05) is 60.4 Å². The second-order valence-electron chi connectivity index (χ2n) is 5.06. The molecule has 0 unspecified atom stereocenters. The number of benzene rings is 2. The maximum Gasteiger partial charge on any atom is 0.270 e. The average molecular weight is 353 g/mol. The molecule has 1 amide bonds. The molecule has 2 aromatic carbocycles. The molecular weight excluding hydrogens is 342 g/mol. The van der Waals surface area contributed by atoms with Crippen molar-refractivity contribution in [2.75, 3.05) is 4.90 Å². The third-order valence-electron chi connectivity index (χ3n) is 3.60. The summed E-state index contributed by atoms with van der Waals surface area (Å²) in [6.07, 6.45) is 1.91. The van der Waals surface area contributed by atoms with Gasteiger partial charge in [0.25, 0.3) is 5.91 Å². The standard InChI is InChI=1S/C18H11NOS3/c20-17-16(11-15-6-3-9-22-15)23-18(21)19(17)14-8-7-12-4-1-2-5-13(12)10-14/h1-11H/b16-11+. The monoisotopic (exact) mass is 353 g/mol. The van der Waals surface area contributed by atoms with Crippen LogP contribution in [0.15, 0.2) is 64.9 Å². The lowest BCUT2D eigenvalue weighted by Gasteiger charge is -2.15. The van der Waals surface area contributed by atoms with Gasteiger partial charge in [-0.15, -0.1) is 11.3 Å². The van der Waals surface area contributed by atoms with E-state index in [2.05, 4.69) is 6.07 Å². The summed E-state index contributed by atoms with van der Waals surface area (Å²) in [4.78, 5) is 16.1. The second kappa shape index (κ2) is 5.92. The number of fused-ring (bicyclic) bond motifs is 1. The molecule has 1 saturated heterocycles. The Morgan fingerprint density at radius 3 is 2.61 bits per heavy atom. The Balaban J connectivity index is 1.73. The molecule has 2 heterocycles. The molecule has 0 radical (unpaired) electrons. The largest absolute Gasteiger partial charge is 0.270 e. The molecule has 0 aliphatic carbocycles. The van der Waals surface area contributed by atoms with Crippen molar-refractivity contribution in [1.82, 2.24) is 0 Å². The number of thiocarbonyl (C=S) groups is 1. The van der Waals surface area contributed by atoms with Crippen molar-refractivity contribution in [3.63, 3.8) is 0 Å². The van der Waals surface area contributed by atoms with Crippen LogP contribution in [-0.4, -0.2) is 10.2 Å². The molecule has 0 saturated carbocycles. The van der Waals surface area contributed by atoms with E-state index in [-0.39, 0.29) is 5.91 Å². The number of carbonyl (C=O) groups is 1. The van der Waals surface area contributed by atoms with Gasteiger partial charge in [0.1, 0.15) is 0 Å². The van der Waals surface area contributed by atoms with E-state index in [4.69, 9.17) is 12.2 Å². The number of thiophene rings is 1. The van der Waals surface area contributed by atoms with E-state index in [0.29, 0.717) is 9.23 Å². The molecule has 5 heteroatoms. The average Bonchev–Trinajstić information content (AvgIpc) is 3.16. The van der Waals surface area contributed by atoms with Crippen LogP contribution >= 0.6 is 35.3 Å². The van der Waals surface area contributed by atoms with Gasteiger partial charge >= 0.3 is 0 Å². The van der Waals surface area contributed by atoms with Gasteiger partial charge in [-0.3, -0.25) is 9.69 Å². The summed E-state index contributed by atoms with van der Waals surface area (Å²) in [5, 5.41) is 4.24. The molecule has 1 fully saturated rings. The van der Waals surface area contributed by atoms with Crippen molar-refractivity contribution in [2.45, 2.75) is 0 Å². The number of hydrogen-bond donors (Lipinski definition) is 0. The van der Waals surface area contributed by atoms with Crippen molar-refractivity contribution in [3.05, 3.63) is 69.8 Å². The number of anilines is 1. The highest BCUT2D eigenvalue weighted by Gasteiger charge is 2.33. The van der Waals surface area contributed by atoms with Gasteiger partial charge < -0.3 is 0 Å². The van der Waals surface area contributed by atoms with Crippen LogP contribution in [-0.2, 0) is 4.79 Å². The van der Waals surface area contributed by atoms with E-state index in [1.807, 2.05) is 60.0 Å². The summed E-state index contributed by atoms with van der Waals surface area (Å²) in [6, 6.07) is 18.0. The summed E-state index contributed by atoms with van der Waals surface area (Å²) in [5.41, 5.74) is 0.820. The number of hydrogen-bond acceptors (Lipinski definition) is 4. The van der Waals surface area contributed by atoms with E-state index in [0.717, 1.165) is 21.3 Å². The summed E-state index contributed by atoms with van der Waals surface area (Å²) in [7, 11) is 0. The van der Waals surface area contributed by atoms with Crippen molar-refractivity contribution in [1.29, 1.82) is 0 Å². The Bertz CT molecular complexity index is 944. The molecule has 23 heavy (non-hydrogen) atoms. The predicted octanol–water partition coefficient (Wildman–Crippen LogP) is 5.31. The van der Waals surface area contributed by atoms with Crippen LogP contribution < -0.4 is 4.90 Å². The molecule has 1 aromatic heterocycles. The maximum atomic E-state index is 12.7. The van der Waals surface area contributed by atoms with Gasteiger partial charge in [-0.25, -0.2) is 0 Å². The fraction of sp³-hybridized carbons (Fsp3) is 0. The molecule has 1 aliphatic heterocycles. The van der Waals surface area contributed by atoms with Crippen LogP contribution in [0.3, 0.4) is 0 Å². The molecule has 0 atom stereocenters. The number of amides is 1. The van der Waals surface area contributed by atoms with E-state index < -0.39 is 0 Å². The Morgan fingerprint density at radius 1 is 1.00 bits per heavy atom. The maximum absolute atomic E-state index is 12.7. The molecular formula is C18H11NOS3. The third kappa shape index (κ3) is 2.72. The summed E-state index contributed by atoms with van der Waals surface area (Å²) < 4.78 is 0.577. The predicted molar refractivity (Wildman–Crippen MR) is 104 cm³/mol. The van der Waals surface area contributed by atoms with Crippen LogP contribution in [0, 0.1) is 0 Å². The molecule has 2 nitrogen and oxygen atoms in total. The topological polar surface area (TPSA) is 20.3 Å². The zero-order valence-corrected chi connectivity index (χ0v) is 14.4. The van der Waals surface area contributed by atoms with Gasteiger partial charge in [-0.2, -0.15) is 0 Å². The minimum Gasteiger partial charge on any atom is -0.268 e. The third-order valence-corrected chi connectivity index (χ3v) is 5.72. The molecule has 0 bridgehead atoms. The lowest BCUT2D eigenvalue weighted by molar-refractivity contribution is -0.113. The quantitative estimate of drug-likeness (QED) is 0.460. The zero-order chi connectivity index (χ0) is 15.8. The summed E-state index contributed by atoms with van der Waals surface area (Å²) in [6.45, 7) is 0. The first-order valence-electron chi connectivity index (χ1n) is 7.03. The lowest BCUT2D eigenvalue weighted by Crippen LogP contribution is -2.27.